The fourth-order valence-electron chi connectivity index (χ4n) is 3.09. The third kappa shape index (κ3) is 5.84. The average Bonchev–Trinajstić information content (AvgIpc) is 2.73. The maximum atomic E-state index is 12.1. The summed E-state index contributed by atoms with van der Waals surface area (Å²) >= 11 is 0. The van der Waals surface area contributed by atoms with E-state index in [4.69, 9.17) is 14.2 Å². The van der Waals surface area contributed by atoms with Crippen LogP contribution in [0.25, 0.3) is 0 Å². The van der Waals surface area contributed by atoms with Crippen molar-refractivity contribution in [1.82, 2.24) is 0 Å². The molecule has 3 rings (SSSR count). The van der Waals surface area contributed by atoms with Crippen molar-refractivity contribution in [3.63, 3.8) is 0 Å². The van der Waals surface area contributed by atoms with Crippen LogP contribution in [0.2, 0.25) is 0 Å². The maximum Gasteiger partial charge on any atom is 0.338 e. The number of hydrogen-bond acceptors (Lipinski definition) is 5. The average molecular weight is 368 g/mol. The van der Waals surface area contributed by atoms with E-state index in [-0.39, 0.29) is 25.1 Å². The lowest BCUT2D eigenvalue weighted by molar-refractivity contribution is -0.139. The van der Waals surface area contributed by atoms with E-state index in [1.54, 1.807) is 24.3 Å². The number of carbonyl (C=O) groups is 2. The Morgan fingerprint density at radius 1 is 0.815 bits per heavy atom. The summed E-state index contributed by atoms with van der Waals surface area (Å²) in [5.74, 6) is 0.570. The summed E-state index contributed by atoms with van der Waals surface area (Å²) in [4.78, 5) is 24.2. The van der Waals surface area contributed by atoms with Crippen molar-refractivity contribution in [2.45, 2.75) is 32.1 Å². The molecule has 0 bridgehead atoms. The quantitative estimate of drug-likeness (QED) is 0.412. The Morgan fingerprint density at radius 2 is 1.52 bits per heavy atom. The van der Waals surface area contributed by atoms with E-state index in [0.717, 1.165) is 31.4 Å². The second-order valence-electron chi connectivity index (χ2n) is 6.58. The SMILES string of the molecule is O=C(OCCOc1ccccc1)c1ccc(OC(=O)C2CCCCC2)cc1. The second-order valence-corrected chi connectivity index (χ2v) is 6.58. The molecular weight excluding hydrogens is 344 g/mol. The van der Waals surface area contributed by atoms with Crippen LogP contribution in [0.4, 0.5) is 0 Å². The number of esters is 2. The lowest BCUT2D eigenvalue weighted by atomic mass is 9.89. The second kappa shape index (κ2) is 9.76. The molecule has 5 heteroatoms. The van der Waals surface area contributed by atoms with Crippen molar-refractivity contribution in [2.24, 2.45) is 5.92 Å². The summed E-state index contributed by atoms with van der Waals surface area (Å²) in [5.41, 5.74) is 0.409. The summed E-state index contributed by atoms with van der Waals surface area (Å²) in [6.07, 6.45) is 5.15. The van der Waals surface area contributed by atoms with E-state index in [9.17, 15) is 9.59 Å². The summed E-state index contributed by atoms with van der Waals surface area (Å²) < 4.78 is 16.1. The minimum Gasteiger partial charge on any atom is -0.490 e. The highest BCUT2D eigenvalue weighted by atomic mass is 16.6. The number of para-hydroxylation sites is 1. The van der Waals surface area contributed by atoms with Crippen molar-refractivity contribution in [3.05, 3.63) is 60.2 Å². The molecule has 2 aromatic carbocycles. The van der Waals surface area contributed by atoms with Crippen molar-refractivity contribution < 1.29 is 23.8 Å². The fourth-order valence-corrected chi connectivity index (χ4v) is 3.09. The molecular formula is C22H24O5. The lowest BCUT2D eigenvalue weighted by Gasteiger charge is -2.19. The van der Waals surface area contributed by atoms with Gasteiger partial charge in [0.25, 0.3) is 0 Å². The van der Waals surface area contributed by atoms with Crippen LogP contribution in [0.1, 0.15) is 42.5 Å². The Labute approximate surface area is 159 Å². The van der Waals surface area contributed by atoms with Gasteiger partial charge in [0.2, 0.25) is 0 Å². The minimum absolute atomic E-state index is 0.00648. The molecule has 0 radical (unpaired) electrons. The highest BCUT2D eigenvalue weighted by Crippen LogP contribution is 2.25. The van der Waals surface area contributed by atoms with E-state index in [2.05, 4.69) is 0 Å². The van der Waals surface area contributed by atoms with Crippen molar-refractivity contribution in [3.8, 4) is 11.5 Å². The fraction of sp³-hybridized carbons (Fsp3) is 0.364. The topological polar surface area (TPSA) is 61.8 Å². The first-order valence-electron chi connectivity index (χ1n) is 9.39. The van der Waals surface area contributed by atoms with Crippen LogP contribution in [-0.2, 0) is 9.53 Å². The largest absolute Gasteiger partial charge is 0.490 e. The molecule has 2 aromatic rings. The van der Waals surface area contributed by atoms with Gasteiger partial charge in [-0.1, -0.05) is 37.5 Å². The molecule has 0 amide bonds. The Bertz CT molecular complexity index is 733. The van der Waals surface area contributed by atoms with Gasteiger partial charge in [-0.25, -0.2) is 4.79 Å². The van der Waals surface area contributed by atoms with Gasteiger partial charge in [0, 0.05) is 0 Å². The van der Waals surface area contributed by atoms with Crippen LogP contribution in [0, 0.1) is 5.92 Å². The molecule has 27 heavy (non-hydrogen) atoms. The van der Waals surface area contributed by atoms with Crippen LogP contribution in [0.15, 0.2) is 54.6 Å². The molecule has 0 unspecified atom stereocenters. The monoisotopic (exact) mass is 368 g/mol. The van der Waals surface area contributed by atoms with Crippen LogP contribution in [0.5, 0.6) is 11.5 Å². The van der Waals surface area contributed by atoms with Crippen LogP contribution in [0.3, 0.4) is 0 Å². The molecule has 142 valence electrons. The molecule has 1 fully saturated rings. The van der Waals surface area contributed by atoms with E-state index >= 15 is 0 Å². The van der Waals surface area contributed by atoms with E-state index in [0.29, 0.717) is 11.3 Å². The molecule has 0 atom stereocenters. The molecule has 1 saturated carbocycles. The summed E-state index contributed by atoms with van der Waals surface area (Å²) in [6.45, 7) is 0.443. The van der Waals surface area contributed by atoms with Gasteiger partial charge in [-0.15, -0.1) is 0 Å². The first kappa shape index (κ1) is 19.0. The van der Waals surface area contributed by atoms with Crippen LogP contribution in [-0.4, -0.2) is 25.2 Å². The van der Waals surface area contributed by atoms with Crippen molar-refractivity contribution in [2.75, 3.05) is 13.2 Å². The van der Waals surface area contributed by atoms with Gasteiger partial charge in [-0.3, -0.25) is 4.79 Å². The zero-order chi connectivity index (χ0) is 18.9. The Morgan fingerprint density at radius 3 is 2.22 bits per heavy atom. The number of benzene rings is 2. The Kier molecular flexibility index (Phi) is 6.85. The van der Waals surface area contributed by atoms with E-state index < -0.39 is 5.97 Å². The van der Waals surface area contributed by atoms with Crippen molar-refractivity contribution >= 4 is 11.9 Å². The van der Waals surface area contributed by atoms with Gasteiger partial charge in [0.15, 0.2) is 0 Å². The first-order valence-corrected chi connectivity index (χ1v) is 9.39. The number of ether oxygens (including phenoxy) is 3. The lowest BCUT2D eigenvalue weighted by Crippen LogP contribution is -2.22. The molecule has 0 spiro atoms. The Hall–Kier alpha value is -2.82. The molecule has 0 heterocycles. The molecule has 0 aromatic heterocycles. The van der Waals surface area contributed by atoms with Crippen LogP contribution >= 0.6 is 0 Å². The molecule has 5 nitrogen and oxygen atoms in total. The predicted molar refractivity (Wildman–Crippen MR) is 101 cm³/mol. The van der Waals surface area contributed by atoms with Gasteiger partial charge in [-0.05, 0) is 49.2 Å². The maximum absolute atomic E-state index is 12.1. The van der Waals surface area contributed by atoms with E-state index in [1.807, 2.05) is 30.3 Å². The predicted octanol–water partition coefficient (Wildman–Crippen LogP) is 4.41. The highest BCUT2D eigenvalue weighted by molar-refractivity contribution is 5.89. The number of carbonyl (C=O) groups excluding carboxylic acids is 2. The number of hydrogen-bond donors (Lipinski definition) is 0. The summed E-state index contributed by atoms with van der Waals surface area (Å²) in [5, 5.41) is 0. The summed E-state index contributed by atoms with van der Waals surface area (Å²) in [6, 6.07) is 15.8. The normalized spacial score (nSPS) is 14.4. The molecule has 1 aliphatic carbocycles. The smallest absolute Gasteiger partial charge is 0.338 e. The molecule has 0 saturated heterocycles. The molecule has 0 N–H and O–H groups in total. The zero-order valence-electron chi connectivity index (χ0n) is 15.3. The standard InChI is InChI=1S/C22H24O5/c23-21(26-16-15-25-19-9-5-2-6-10-19)18-11-13-20(14-12-18)27-22(24)17-7-3-1-4-8-17/h2,5-6,9-14,17H,1,3-4,7-8,15-16H2. The van der Waals surface area contributed by atoms with Gasteiger partial charge < -0.3 is 14.2 Å². The third-order valence-corrected chi connectivity index (χ3v) is 4.58. The summed E-state index contributed by atoms with van der Waals surface area (Å²) in [7, 11) is 0. The Balaban J connectivity index is 1.42. The zero-order valence-corrected chi connectivity index (χ0v) is 15.3. The van der Waals surface area contributed by atoms with Gasteiger partial charge in [0.05, 0.1) is 11.5 Å². The minimum atomic E-state index is -0.434. The first-order chi connectivity index (χ1) is 13.2. The number of rotatable bonds is 7. The van der Waals surface area contributed by atoms with E-state index in [1.165, 1.54) is 6.42 Å². The van der Waals surface area contributed by atoms with Gasteiger partial charge >= 0.3 is 11.9 Å². The van der Waals surface area contributed by atoms with Crippen LogP contribution < -0.4 is 9.47 Å². The van der Waals surface area contributed by atoms with Gasteiger partial charge in [0.1, 0.15) is 24.7 Å². The highest BCUT2D eigenvalue weighted by Gasteiger charge is 2.23. The third-order valence-electron chi connectivity index (χ3n) is 4.58. The van der Waals surface area contributed by atoms with Crippen molar-refractivity contribution in [1.29, 1.82) is 0 Å². The van der Waals surface area contributed by atoms with Gasteiger partial charge in [-0.2, -0.15) is 0 Å². The molecule has 1 aliphatic rings. The molecule has 0 aliphatic heterocycles.